The SMILES string of the molecule is CCC1Cc2c(C#N)nn(CC(=O)NC(Cc3cc(F)cc(F)c3)c3nc(C#CC(C)(C)O)ccc3-c3ccc(Cl)c4c(NS(C)(=O)=O)nn(C)c34)c2C1(F)F. The number of carbonyl (C=O) groups excluding carboxylic acids is 1. The van der Waals surface area contributed by atoms with Gasteiger partial charge in [-0.25, -0.2) is 22.2 Å². The van der Waals surface area contributed by atoms with Crippen molar-refractivity contribution in [1.82, 2.24) is 29.9 Å². The minimum atomic E-state index is -3.81. The van der Waals surface area contributed by atoms with Crippen LogP contribution in [-0.2, 0) is 47.2 Å². The molecule has 0 aliphatic heterocycles. The first-order chi connectivity index (χ1) is 26.2. The first kappa shape index (κ1) is 40.2. The van der Waals surface area contributed by atoms with Crippen molar-refractivity contribution in [3.05, 3.63) is 93.0 Å². The number of benzene rings is 2. The molecule has 12 nitrogen and oxygen atoms in total. The van der Waals surface area contributed by atoms with Crippen LogP contribution in [0.4, 0.5) is 23.4 Å². The first-order valence-electron chi connectivity index (χ1n) is 17.2. The second-order valence-electron chi connectivity index (χ2n) is 14.1. The highest BCUT2D eigenvalue weighted by atomic mass is 35.5. The summed E-state index contributed by atoms with van der Waals surface area (Å²) in [5.41, 5.74) is -0.745. The molecule has 0 saturated heterocycles. The van der Waals surface area contributed by atoms with Gasteiger partial charge in [-0.2, -0.15) is 24.2 Å². The number of halogens is 5. The molecule has 0 fully saturated rings. The van der Waals surface area contributed by atoms with Crippen molar-refractivity contribution in [3.63, 3.8) is 0 Å². The summed E-state index contributed by atoms with van der Waals surface area (Å²) in [5, 5.41) is 31.6. The smallest absolute Gasteiger partial charge is 0.292 e. The van der Waals surface area contributed by atoms with E-state index in [1.807, 2.05) is 6.07 Å². The van der Waals surface area contributed by atoms with E-state index in [1.165, 1.54) is 30.7 Å². The summed E-state index contributed by atoms with van der Waals surface area (Å²) in [5.74, 6) is -1.71. The quantitative estimate of drug-likeness (QED) is 0.116. The predicted octanol–water partition coefficient (Wildman–Crippen LogP) is 5.90. The van der Waals surface area contributed by atoms with Crippen LogP contribution in [0, 0.1) is 40.7 Å². The number of amides is 1. The maximum atomic E-state index is 15.6. The van der Waals surface area contributed by atoms with Crippen molar-refractivity contribution in [2.45, 2.75) is 64.1 Å². The van der Waals surface area contributed by atoms with E-state index >= 15 is 8.78 Å². The lowest BCUT2D eigenvalue weighted by Crippen LogP contribution is -2.35. The van der Waals surface area contributed by atoms with Gasteiger partial charge in [0.15, 0.2) is 11.5 Å². The Balaban J connectivity index is 1.53. The number of pyridine rings is 1. The van der Waals surface area contributed by atoms with E-state index in [9.17, 15) is 32.4 Å². The average molecular weight is 811 g/mol. The minimum Gasteiger partial charge on any atom is -0.378 e. The largest absolute Gasteiger partial charge is 0.378 e. The lowest BCUT2D eigenvalue weighted by Gasteiger charge is -2.23. The Labute approximate surface area is 324 Å². The van der Waals surface area contributed by atoms with Crippen LogP contribution in [0.1, 0.15) is 67.1 Å². The molecule has 3 aromatic heterocycles. The number of fused-ring (bicyclic) bond motifs is 2. The number of carbonyl (C=O) groups is 1. The van der Waals surface area contributed by atoms with Crippen LogP contribution in [0.2, 0.25) is 5.02 Å². The fourth-order valence-electron chi connectivity index (χ4n) is 6.89. The first-order valence-corrected chi connectivity index (χ1v) is 19.5. The molecule has 0 spiro atoms. The van der Waals surface area contributed by atoms with E-state index in [2.05, 4.69) is 32.1 Å². The number of anilines is 1. The Morgan fingerprint density at radius 1 is 1.14 bits per heavy atom. The summed E-state index contributed by atoms with van der Waals surface area (Å²) >= 11 is 6.59. The Hall–Kier alpha value is -5.49. The number of aromatic nitrogens is 5. The van der Waals surface area contributed by atoms with Crippen molar-refractivity contribution < 1.29 is 35.9 Å². The summed E-state index contributed by atoms with van der Waals surface area (Å²) in [6.45, 7) is 3.78. The molecule has 0 bridgehead atoms. The van der Waals surface area contributed by atoms with Crippen LogP contribution in [0.5, 0.6) is 0 Å². The molecule has 18 heteroatoms. The van der Waals surface area contributed by atoms with Crippen LogP contribution in [0.25, 0.3) is 22.0 Å². The molecule has 2 atom stereocenters. The molecule has 2 unspecified atom stereocenters. The summed E-state index contributed by atoms with van der Waals surface area (Å²) in [4.78, 5) is 18.7. The van der Waals surface area contributed by atoms with E-state index in [0.717, 1.165) is 23.1 Å². The van der Waals surface area contributed by atoms with Gasteiger partial charge in [0.1, 0.15) is 41.2 Å². The van der Waals surface area contributed by atoms with Gasteiger partial charge in [0, 0.05) is 35.7 Å². The zero-order valence-corrected chi connectivity index (χ0v) is 32.3. The summed E-state index contributed by atoms with van der Waals surface area (Å²) in [6.07, 6.45) is 0.701. The number of alkyl halides is 2. The van der Waals surface area contributed by atoms with Gasteiger partial charge in [-0.15, -0.1) is 0 Å². The van der Waals surface area contributed by atoms with Gasteiger partial charge in [0.2, 0.25) is 15.9 Å². The van der Waals surface area contributed by atoms with Crippen molar-refractivity contribution in [2.75, 3.05) is 11.0 Å². The maximum absolute atomic E-state index is 15.6. The summed E-state index contributed by atoms with van der Waals surface area (Å²) in [7, 11) is -2.25. The molecule has 292 valence electrons. The van der Waals surface area contributed by atoms with Crippen LogP contribution < -0.4 is 10.0 Å². The average Bonchev–Trinajstić information content (AvgIpc) is 3.70. The Kier molecular flexibility index (Phi) is 10.7. The molecule has 1 aliphatic rings. The number of hydrogen-bond donors (Lipinski definition) is 3. The van der Waals surface area contributed by atoms with Gasteiger partial charge in [-0.3, -0.25) is 18.9 Å². The van der Waals surface area contributed by atoms with Crippen LogP contribution in [0.3, 0.4) is 0 Å². The number of aryl methyl sites for hydroxylation is 1. The molecule has 6 rings (SSSR count). The van der Waals surface area contributed by atoms with E-state index < -0.39 is 63.3 Å². The highest BCUT2D eigenvalue weighted by Crippen LogP contribution is 2.48. The van der Waals surface area contributed by atoms with E-state index in [1.54, 1.807) is 26.1 Å². The maximum Gasteiger partial charge on any atom is 0.292 e. The van der Waals surface area contributed by atoms with Crippen molar-refractivity contribution in [3.8, 4) is 29.0 Å². The van der Waals surface area contributed by atoms with Gasteiger partial charge in [-0.05, 0) is 74.9 Å². The van der Waals surface area contributed by atoms with Crippen molar-refractivity contribution in [2.24, 2.45) is 13.0 Å². The van der Waals surface area contributed by atoms with Crippen LogP contribution in [0.15, 0.2) is 42.5 Å². The van der Waals surface area contributed by atoms with Gasteiger partial charge < -0.3 is 10.4 Å². The van der Waals surface area contributed by atoms with Crippen LogP contribution in [-0.4, -0.2) is 55.8 Å². The highest BCUT2D eigenvalue weighted by molar-refractivity contribution is 7.92. The van der Waals surface area contributed by atoms with Crippen LogP contribution >= 0.6 is 11.6 Å². The summed E-state index contributed by atoms with van der Waals surface area (Å²) < 4.78 is 89.4. The van der Waals surface area contributed by atoms with E-state index in [0.29, 0.717) is 22.7 Å². The fourth-order valence-corrected chi connectivity index (χ4v) is 7.63. The fraction of sp³-hybridized carbons (Fsp3) is 0.342. The molecule has 3 heterocycles. The number of sulfonamides is 1. The molecule has 0 saturated carbocycles. The predicted molar refractivity (Wildman–Crippen MR) is 200 cm³/mol. The number of nitrogens with one attached hydrogen (secondary N) is 2. The Morgan fingerprint density at radius 3 is 2.45 bits per heavy atom. The molecular weight excluding hydrogens is 776 g/mol. The third-order valence-corrected chi connectivity index (χ3v) is 10.1. The molecule has 2 aromatic carbocycles. The molecular formula is C38H35ClF4N8O4S. The monoisotopic (exact) mass is 810 g/mol. The molecule has 5 aromatic rings. The molecule has 1 aliphatic carbocycles. The Bertz CT molecular complexity index is 2600. The molecule has 56 heavy (non-hydrogen) atoms. The van der Waals surface area contributed by atoms with Gasteiger partial charge in [0.05, 0.1) is 33.9 Å². The van der Waals surface area contributed by atoms with Gasteiger partial charge in [0.25, 0.3) is 5.92 Å². The Morgan fingerprint density at radius 2 is 1.82 bits per heavy atom. The number of aliphatic hydroxyl groups is 1. The lowest BCUT2D eigenvalue weighted by atomic mass is 9.93. The molecule has 1 amide bonds. The van der Waals surface area contributed by atoms with Gasteiger partial charge in [-0.1, -0.05) is 30.5 Å². The van der Waals surface area contributed by atoms with E-state index in [4.69, 9.17) is 16.6 Å². The minimum absolute atomic E-state index is 0.0651. The second kappa shape index (κ2) is 14.9. The van der Waals surface area contributed by atoms with E-state index in [-0.39, 0.29) is 63.7 Å². The van der Waals surface area contributed by atoms with Gasteiger partial charge >= 0.3 is 0 Å². The number of nitrogens with zero attached hydrogens (tertiary/aromatic N) is 6. The third kappa shape index (κ3) is 8.21. The van der Waals surface area contributed by atoms with Crippen molar-refractivity contribution in [1.29, 1.82) is 5.26 Å². The van der Waals surface area contributed by atoms with Crippen molar-refractivity contribution >= 4 is 44.3 Å². The lowest BCUT2D eigenvalue weighted by molar-refractivity contribution is -0.123. The third-order valence-electron chi connectivity index (χ3n) is 9.18. The number of rotatable bonds is 10. The summed E-state index contributed by atoms with van der Waals surface area (Å²) in [6, 6.07) is 9.67. The number of hydrogen-bond acceptors (Lipinski definition) is 8. The zero-order chi connectivity index (χ0) is 40.9. The topological polar surface area (TPSA) is 168 Å². The second-order valence-corrected chi connectivity index (χ2v) is 16.2. The zero-order valence-electron chi connectivity index (χ0n) is 30.7. The number of nitriles is 1. The standard InChI is InChI=1S/C38H35ClF4N8O4S/c1-6-21-16-27-30(18-44)47-51(35(27)38(21,42)43)19-31(52)46-29(15-20-13-22(40)17-23(41)14-20)33-25(8-7-24(45-33)11-12-37(2,3)53)26-9-10-28(39)32-34(26)50(4)48-36(32)49-56(5,54)55/h7-10,13-14,17,21,29,53H,6,15-16,19H2,1-5H3,(H,46,52)(H,48,49). The molecule has 3 N–H and O–H groups in total. The highest BCUT2D eigenvalue weighted by Gasteiger charge is 2.52. The normalized spacial score (nSPS) is 15.5. The molecule has 0 radical (unpaired) electrons.